The Balaban J connectivity index is 3.46. The summed E-state index contributed by atoms with van der Waals surface area (Å²) in [5, 5.41) is 0. The van der Waals surface area contributed by atoms with Gasteiger partial charge in [-0.2, -0.15) is 0 Å². The van der Waals surface area contributed by atoms with Crippen molar-refractivity contribution in [2.75, 3.05) is 26.2 Å². The normalized spacial score (nSPS) is 10.4. The van der Waals surface area contributed by atoms with Crippen LogP contribution >= 0.6 is 0 Å². The summed E-state index contributed by atoms with van der Waals surface area (Å²) < 4.78 is 4.92. The summed E-state index contributed by atoms with van der Waals surface area (Å²) in [5.41, 5.74) is 0. The van der Waals surface area contributed by atoms with E-state index >= 15 is 0 Å². The lowest BCUT2D eigenvalue weighted by molar-refractivity contribution is -0.137. The fourth-order valence-corrected chi connectivity index (χ4v) is 1.64. The van der Waals surface area contributed by atoms with Crippen LogP contribution in [-0.4, -0.2) is 37.1 Å². The topological polar surface area (TPSA) is 29.5 Å². The highest BCUT2D eigenvalue weighted by Crippen LogP contribution is 1.99. The number of nitrogens with zero attached hydrogens (tertiary/aromatic N) is 1. The van der Waals surface area contributed by atoms with E-state index in [9.17, 15) is 4.79 Å². The zero-order valence-corrected chi connectivity index (χ0v) is 10.7. The predicted octanol–water partition coefficient (Wildman–Crippen LogP) is 2.62. The highest BCUT2D eigenvalue weighted by Gasteiger charge is 2.02. The molecule has 3 heteroatoms. The zero-order chi connectivity index (χ0) is 12.2. The van der Waals surface area contributed by atoms with Crippen molar-refractivity contribution in [1.29, 1.82) is 0 Å². The van der Waals surface area contributed by atoms with Gasteiger partial charge in [0, 0.05) is 6.08 Å². The molecule has 0 radical (unpaired) electrons. The van der Waals surface area contributed by atoms with Gasteiger partial charge < -0.3 is 9.64 Å². The standard InChI is InChI=1S/C13H25NO2/c1-4-9-14(10-5-2)11-7-8-12-16-13(15)6-3/h6H,3-5,7-12H2,1-2H3. The molecule has 0 N–H and O–H groups in total. The third-order valence-corrected chi connectivity index (χ3v) is 2.36. The van der Waals surface area contributed by atoms with Crippen molar-refractivity contribution in [3.63, 3.8) is 0 Å². The van der Waals surface area contributed by atoms with Crippen molar-refractivity contribution in [2.24, 2.45) is 0 Å². The minimum absolute atomic E-state index is 0.320. The molecule has 94 valence electrons. The van der Waals surface area contributed by atoms with Crippen molar-refractivity contribution in [2.45, 2.75) is 39.5 Å². The molecule has 0 aliphatic rings. The molecule has 0 rings (SSSR count). The Hall–Kier alpha value is -0.830. The van der Waals surface area contributed by atoms with Crippen LogP contribution in [0.25, 0.3) is 0 Å². The van der Waals surface area contributed by atoms with Crippen molar-refractivity contribution >= 4 is 5.97 Å². The number of rotatable bonds is 10. The third-order valence-electron chi connectivity index (χ3n) is 2.36. The van der Waals surface area contributed by atoms with E-state index in [0.29, 0.717) is 6.61 Å². The summed E-state index contributed by atoms with van der Waals surface area (Å²) in [7, 11) is 0. The molecule has 0 aliphatic heterocycles. The number of unbranched alkanes of at least 4 members (excludes halogenated alkanes) is 1. The Kier molecular flexibility index (Phi) is 10.1. The first kappa shape index (κ1) is 15.2. The summed E-state index contributed by atoms with van der Waals surface area (Å²) in [6, 6.07) is 0. The molecule has 0 aliphatic carbocycles. The van der Waals surface area contributed by atoms with Crippen LogP contribution in [0.4, 0.5) is 0 Å². The molecule has 0 heterocycles. The maximum atomic E-state index is 10.8. The zero-order valence-electron chi connectivity index (χ0n) is 10.7. The molecule has 0 amide bonds. The first-order valence-corrected chi connectivity index (χ1v) is 6.26. The van der Waals surface area contributed by atoms with Crippen molar-refractivity contribution < 1.29 is 9.53 Å². The Morgan fingerprint density at radius 2 is 1.81 bits per heavy atom. The first-order chi connectivity index (χ1) is 7.74. The molecule has 0 bridgehead atoms. The van der Waals surface area contributed by atoms with E-state index in [1.54, 1.807) is 0 Å². The molecule has 3 nitrogen and oxygen atoms in total. The smallest absolute Gasteiger partial charge is 0.330 e. The van der Waals surface area contributed by atoms with Crippen LogP contribution in [0.15, 0.2) is 12.7 Å². The van der Waals surface area contributed by atoms with Crippen LogP contribution < -0.4 is 0 Å². The van der Waals surface area contributed by atoms with E-state index in [2.05, 4.69) is 25.3 Å². The molecule has 0 spiro atoms. The molecular weight excluding hydrogens is 202 g/mol. The maximum absolute atomic E-state index is 10.8. The highest BCUT2D eigenvalue weighted by atomic mass is 16.5. The average molecular weight is 227 g/mol. The van der Waals surface area contributed by atoms with Crippen LogP contribution in [0, 0.1) is 0 Å². The lowest BCUT2D eigenvalue weighted by atomic mass is 10.2. The highest BCUT2D eigenvalue weighted by molar-refractivity contribution is 5.81. The van der Waals surface area contributed by atoms with Crippen molar-refractivity contribution in [3.05, 3.63) is 12.7 Å². The van der Waals surface area contributed by atoms with Gasteiger partial charge in [-0.15, -0.1) is 0 Å². The number of carbonyl (C=O) groups is 1. The second kappa shape index (κ2) is 10.7. The largest absolute Gasteiger partial charge is 0.463 e. The predicted molar refractivity (Wildman–Crippen MR) is 67.4 cm³/mol. The van der Waals surface area contributed by atoms with Gasteiger partial charge >= 0.3 is 5.97 Å². The second-order valence-corrected chi connectivity index (χ2v) is 3.92. The van der Waals surface area contributed by atoms with Gasteiger partial charge in [0.1, 0.15) is 0 Å². The van der Waals surface area contributed by atoms with Gasteiger partial charge in [-0.3, -0.25) is 0 Å². The molecule has 0 aromatic rings. The van der Waals surface area contributed by atoms with E-state index < -0.39 is 0 Å². The third kappa shape index (κ3) is 8.48. The van der Waals surface area contributed by atoms with E-state index in [1.807, 2.05) is 0 Å². The summed E-state index contributed by atoms with van der Waals surface area (Å²) in [6.07, 6.45) is 5.63. The lowest BCUT2D eigenvalue weighted by Crippen LogP contribution is -2.26. The van der Waals surface area contributed by atoms with E-state index in [0.717, 1.165) is 19.4 Å². The minimum Gasteiger partial charge on any atom is -0.463 e. The molecule has 0 aromatic carbocycles. The minimum atomic E-state index is -0.320. The number of carbonyl (C=O) groups excluding carboxylic acids is 1. The average Bonchev–Trinajstić information content (AvgIpc) is 2.28. The summed E-state index contributed by atoms with van der Waals surface area (Å²) >= 11 is 0. The van der Waals surface area contributed by atoms with Gasteiger partial charge in [0.25, 0.3) is 0 Å². The summed E-state index contributed by atoms with van der Waals surface area (Å²) in [4.78, 5) is 13.2. The van der Waals surface area contributed by atoms with Gasteiger partial charge in [0.05, 0.1) is 6.61 Å². The number of hydrogen-bond acceptors (Lipinski definition) is 3. The molecule has 0 atom stereocenters. The molecule has 0 aromatic heterocycles. The van der Waals surface area contributed by atoms with Crippen molar-refractivity contribution in [3.8, 4) is 0 Å². The SMILES string of the molecule is C=CC(=O)OCCCCN(CCC)CCC. The number of esters is 1. The van der Waals surface area contributed by atoms with Crippen LogP contribution in [0.3, 0.4) is 0 Å². The summed E-state index contributed by atoms with van der Waals surface area (Å²) in [5.74, 6) is -0.320. The summed E-state index contributed by atoms with van der Waals surface area (Å²) in [6.45, 7) is 11.7. The van der Waals surface area contributed by atoms with Crippen molar-refractivity contribution in [1.82, 2.24) is 4.90 Å². The molecule has 0 unspecified atom stereocenters. The Bertz CT molecular complexity index is 186. The van der Waals surface area contributed by atoms with Crippen LogP contribution in [0.5, 0.6) is 0 Å². The second-order valence-electron chi connectivity index (χ2n) is 3.92. The molecule has 0 fully saturated rings. The Morgan fingerprint density at radius 1 is 1.19 bits per heavy atom. The van der Waals surface area contributed by atoms with Gasteiger partial charge in [-0.25, -0.2) is 4.79 Å². The van der Waals surface area contributed by atoms with Gasteiger partial charge in [-0.1, -0.05) is 20.4 Å². The van der Waals surface area contributed by atoms with E-state index in [-0.39, 0.29) is 5.97 Å². The molecular formula is C13H25NO2. The monoisotopic (exact) mass is 227 g/mol. The fraction of sp³-hybridized carbons (Fsp3) is 0.769. The molecule has 0 saturated carbocycles. The van der Waals surface area contributed by atoms with Gasteiger partial charge in [-0.05, 0) is 45.3 Å². The molecule has 16 heavy (non-hydrogen) atoms. The Labute approximate surface area is 99.5 Å². The Morgan fingerprint density at radius 3 is 2.31 bits per heavy atom. The quantitative estimate of drug-likeness (QED) is 0.326. The fourth-order valence-electron chi connectivity index (χ4n) is 1.64. The first-order valence-electron chi connectivity index (χ1n) is 6.26. The maximum Gasteiger partial charge on any atom is 0.330 e. The molecule has 0 saturated heterocycles. The van der Waals surface area contributed by atoms with E-state index in [1.165, 1.54) is 32.0 Å². The van der Waals surface area contributed by atoms with Crippen LogP contribution in [-0.2, 0) is 9.53 Å². The van der Waals surface area contributed by atoms with Crippen LogP contribution in [0.2, 0.25) is 0 Å². The van der Waals surface area contributed by atoms with Gasteiger partial charge in [0.15, 0.2) is 0 Å². The lowest BCUT2D eigenvalue weighted by Gasteiger charge is -2.20. The van der Waals surface area contributed by atoms with Crippen LogP contribution in [0.1, 0.15) is 39.5 Å². The number of hydrogen-bond donors (Lipinski definition) is 0. The van der Waals surface area contributed by atoms with Gasteiger partial charge in [0.2, 0.25) is 0 Å². The number of ether oxygens (including phenoxy) is 1. The van der Waals surface area contributed by atoms with E-state index in [4.69, 9.17) is 4.74 Å².